The quantitative estimate of drug-likeness (QED) is 0.567. The molecule has 2 aromatic carbocycles. The van der Waals surface area contributed by atoms with Gasteiger partial charge < -0.3 is 9.64 Å². The van der Waals surface area contributed by atoms with Gasteiger partial charge in [0.15, 0.2) is 0 Å². The number of amides is 1. The monoisotopic (exact) mass is 403 g/mol. The Labute approximate surface area is 171 Å². The predicted molar refractivity (Wildman–Crippen MR) is 114 cm³/mol. The highest BCUT2D eigenvalue weighted by Gasteiger charge is 2.24. The van der Waals surface area contributed by atoms with Crippen molar-refractivity contribution in [3.05, 3.63) is 64.7 Å². The van der Waals surface area contributed by atoms with E-state index in [2.05, 4.69) is 13.0 Å². The molecule has 0 saturated carbocycles. The second-order valence-electron chi connectivity index (χ2n) is 6.69. The van der Waals surface area contributed by atoms with Crippen molar-refractivity contribution in [2.75, 3.05) is 25.4 Å². The Kier molecular flexibility index (Phi) is 7.48. The molecule has 0 spiro atoms. The second kappa shape index (κ2) is 10.0. The zero-order valence-corrected chi connectivity index (χ0v) is 17.3. The first-order chi connectivity index (χ1) is 13.2. The van der Waals surface area contributed by atoms with Crippen molar-refractivity contribution in [1.82, 2.24) is 4.90 Å². The molecule has 0 aliphatic carbocycles. The molecule has 1 atom stereocenters. The molecule has 0 N–H and O–H groups in total. The van der Waals surface area contributed by atoms with Gasteiger partial charge in [-0.2, -0.15) is 11.8 Å². The van der Waals surface area contributed by atoms with Crippen LogP contribution in [0.3, 0.4) is 0 Å². The minimum absolute atomic E-state index is 0.0931. The van der Waals surface area contributed by atoms with Crippen molar-refractivity contribution in [2.45, 2.75) is 31.4 Å². The second-order valence-corrected chi connectivity index (χ2v) is 8.41. The van der Waals surface area contributed by atoms with Crippen LogP contribution in [0, 0.1) is 0 Å². The minimum Gasteiger partial charge on any atom is -0.494 e. The van der Waals surface area contributed by atoms with Crippen LogP contribution in [-0.2, 0) is 0 Å². The molecular weight excluding hydrogens is 378 g/mol. The molecule has 1 aliphatic rings. The van der Waals surface area contributed by atoms with E-state index in [9.17, 15) is 4.79 Å². The van der Waals surface area contributed by atoms with Crippen LogP contribution in [0.2, 0.25) is 5.02 Å². The average Bonchev–Trinajstić information content (AvgIpc) is 2.95. The Morgan fingerprint density at radius 3 is 2.70 bits per heavy atom. The number of carbonyl (C=O) groups is 1. The molecular formula is C22H26ClNO2S. The summed E-state index contributed by atoms with van der Waals surface area (Å²) >= 11 is 8.24. The average molecular weight is 404 g/mol. The lowest BCUT2D eigenvalue weighted by Crippen LogP contribution is -2.32. The van der Waals surface area contributed by atoms with Crippen LogP contribution in [-0.4, -0.2) is 36.3 Å². The van der Waals surface area contributed by atoms with Crippen LogP contribution >= 0.6 is 23.4 Å². The number of thioether (sulfide) groups is 1. The molecule has 1 unspecified atom stereocenters. The highest BCUT2D eigenvalue weighted by molar-refractivity contribution is 7.99. The molecule has 5 heteroatoms. The van der Waals surface area contributed by atoms with Crippen molar-refractivity contribution in [2.24, 2.45) is 0 Å². The first kappa shape index (κ1) is 20.1. The van der Waals surface area contributed by atoms with Crippen LogP contribution in [0.15, 0.2) is 48.5 Å². The van der Waals surface area contributed by atoms with Crippen molar-refractivity contribution in [3.63, 3.8) is 0 Å². The largest absolute Gasteiger partial charge is 0.494 e. The van der Waals surface area contributed by atoms with Gasteiger partial charge in [-0.1, -0.05) is 43.1 Å². The SMILES string of the molecule is CCCCOc1ccc(C(=O)N2CCSC(c3ccccc3Cl)CC2)cc1. The molecule has 2 aromatic rings. The normalized spacial score (nSPS) is 17.4. The summed E-state index contributed by atoms with van der Waals surface area (Å²) in [7, 11) is 0. The molecule has 27 heavy (non-hydrogen) atoms. The molecule has 1 fully saturated rings. The van der Waals surface area contributed by atoms with Gasteiger partial charge in [-0.3, -0.25) is 4.79 Å². The number of benzene rings is 2. The van der Waals surface area contributed by atoms with Gasteiger partial charge in [0.25, 0.3) is 5.91 Å². The Hall–Kier alpha value is -1.65. The summed E-state index contributed by atoms with van der Waals surface area (Å²) in [5.41, 5.74) is 1.89. The number of nitrogens with zero attached hydrogens (tertiary/aromatic N) is 1. The fraction of sp³-hybridized carbons (Fsp3) is 0.409. The van der Waals surface area contributed by atoms with E-state index >= 15 is 0 Å². The summed E-state index contributed by atoms with van der Waals surface area (Å²) in [5, 5.41) is 1.15. The number of carbonyl (C=O) groups excluding carboxylic acids is 1. The van der Waals surface area contributed by atoms with E-state index in [0.29, 0.717) is 5.25 Å². The lowest BCUT2D eigenvalue weighted by atomic mass is 10.1. The van der Waals surface area contributed by atoms with E-state index in [0.717, 1.165) is 61.0 Å². The van der Waals surface area contributed by atoms with Crippen molar-refractivity contribution in [3.8, 4) is 5.75 Å². The summed E-state index contributed by atoms with van der Waals surface area (Å²) in [5.74, 6) is 1.83. The number of ether oxygens (including phenoxy) is 1. The molecule has 1 heterocycles. The van der Waals surface area contributed by atoms with Crippen LogP contribution in [0.4, 0.5) is 0 Å². The van der Waals surface area contributed by atoms with Crippen LogP contribution in [0.25, 0.3) is 0 Å². The zero-order chi connectivity index (χ0) is 19.1. The van der Waals surface area contributed by atoms with Crippen LogP contribution < -0.4 is 4.74 Å². The fourth-order valence-corrected chi connectivity index (χ4v) is 4.77. The first-order valence-electron chi connectivity index (χ1n) is 9.57. The van der Waals surface area contributed by atoms with E-state index in [-0.39, 0.29) is 5.91 Å². The van der Waals surface area contributed by atoms with Gasteiger partial charge in [0.2, 0.25) is 0 Å². The van der Waals surface area contributed by atoms with Crippen LogP contribution in [0.1, 0.15) is 47.4 Å². The Morgan fingerprint density at radius 1 is 1.19 bits per heavy atom. The van der Waals surface area contributed by atoms with Gasteiger partial charge in [-0.25, -0.2) is 0 Å². The van der Waals surface area contributed by atoms with Gasteiger partial charge >= 0.3 is 0 Å². The Balaban J connectivity index is 1.60. The van der Waals surface area contributed by atoms with Gasteiger partial charge in [-0.05, 0) is 48.7 Å². The highest BCUT2D eigenvalue weighted by Crippen LogP contribution is 2.38. The molecule has 0 radical (unpaired) electrons. The maximum absolute atomic E-state index is 12.9. The Morgan fingerprint density at radius 2 is 1.96 bits per heavy atom. The van der Waals surface area contributed by atoms with Crippen molar-refractivity contribution < 1.29 is 9.53 Å². The fourth-order valence-electron chi connectivity index (χ4n) is 3.17. The molecule has 144 valence electrons. The van der Waals surface area contributed by atoms with Gasteiger partial charge in [0, 0.05) is 34.7 Å². The van der Waals surface area contributed by atoms with Gasteiger partial charge in [0.1, 0.15) is 5.75 Å². The molecule has 0 aromatic heterocycles. The summed E-state index contributed by atoms with van der Waals surface area (Å²) in [6.45, 7) is 4.37. The van der Waals surface area contributed by atoms with Gasteiger partial charge in [0.05, 0.1) is 6.61 Å². The summed E-state index contributed by atoms with van der Waals surface area (Å²) in [4.78, 5) is 14.8. The highest BCUT2D eigenvalue weighted by atomic mass is 35.5. The zero-order valence-electron chi connectivity index (χ0n) is 15.7. The summed E-state index contributed by atoms with van der Waals surface area (Å²) in [6, 6.07) is 15.5. The van der Waals surface area contributed by atoms with Crippen molar-refractivity contribution >= 4 is 29.3 Å². The van der Waals surface area contributed by atoms with Gasteiger partial charge in [-0.15, -0.1) is 0 Å². The number of halogens is 1. The number of unbranched alkanes of at least 4 members (excludes halogenated alkanes) is 1. The molecule has 0 bridgehead atoms. The molecule has 1 saturated heterocycles. The lowest BCUT2D eigenvalue weighted by Gasteiger charge is -2.21. The number of hydrogen-bond donors (Lipinski definition) is 0. The van der Waals surface area contributed by atoms with E-state index < -0.39 is 0 Å². The third-order valence-electron chi connectivity index (χ3n) is 4.75. The maximum Gasteiger partial charge on any atom is 0.253 e. The van der Waals surface area contributed by atoms with Crippen molar-refractivity contribution in [1.29, 1.82) is 0 Å². The van der Waals surface area contributed by atoms with E-state index in [1.54, 1.807) is 0 Å². The third-order valence-corrected chi connectivity index (χ3v) is 6.40. The standard InChI is InChI=1S/C22H26ClNO2S/c1-2-3-15-26-18-10-8-17(9-11-18)22(25)24-13-12-21(27-16-14-24)19-6-4-5-7-20(19)23/h4-11,21H,2-3,12-16H2,1H3. The molecule has 1 aliphatic heterocycles. The van der Waals surface area contributed by atoms with E-state index in [1.165, 1.54) is 5.56 Å². The maximum atomic E-state index is 12.9. The minimum atomic E-state index is 0.0931. The first-order valence-corrected chi connectivity index (χ1v) is 11.0. The molecule has 1 amide bonds. The molecule has 3 nitrogen and oxygen atoms in total. The molecule has 3 rings (SSSR count). The van der Waals surface area contributed by atoms with E-state index in [4.69, 9.17) is 16.3 Å². The lowest BCUT2D eigenvalue weighted by molar-refractivity contribution is 0.0766. The summed E-state index contributed by atoms with van der Waals surface area (Å²) < 4.78 is 5.68. The topological polar surface area (TPSA) is 29.5 Å². The third kappa shape index (κ3) is 5.43. The number of rotatable bonds is 6. The number of hydrogen-bond acceptors (Lipinski definition) is 3. The van der Waals surface area contributed by atoms with E-state index in [1.807, 2.05) is 59.1 Å². The Bertz CT molecular complexity index is 750. The smallest absolute Gasteiger partial charge is 0.253 e. The predicted octanol–water partition coefficient (Wildman–Crippen LogP) is 5.84. The summed E-state index contributed by atoms with van der Waals surface area (Å²) in [6.07, 6.45) is 3.07. The van der Waals surface area contributed by atoms with Crippen LogP contribution in [0.5, 0.6) is 5.75 Å².